The number of amides is 1. The van der Waals surface area contributed by atoms with E-state index in [9.17, 15) is 18.0 Å². The van der Waals surface area contributed by atoms with E-state index in [1.165, 1.54) is 20.1 Å². The summed E-state index contributed by atoms with van der Waals surface area (Å²) in [6.07, 6.45) is 0. The van der Waals surface area contributed by atoms with E-state index >= 15 is 0 Å². The van der Waals surface area contributed by atoms with Crippen LogP contribution in [-0.2, 0) is 14.8 Å². The summed E-state index contributed by atoms with van der Waals surface area (Å²) in [5, 5.41) is 2.58. The Kier molecular flexibility index (Phi) is 6.35. The van der Waals surface area contributed by atoms with Crippen LogP contribution in [0.4, 0.5) is 5.69 Å². The van der Waals surface area contributed by atoms with Crippen molar-refractivity contribution in [2.45, 2.75) is 25.7 Å². The first-order valence-corrected chi connectivity index (χ1v) is 9.68. The Balaban J connectivity index is 2.05. The number of ether oxygens (including phenoxy) is 1. The molecule has 27 heavy (non-hydrogen) atoms. The Morgan fingerprint density at radius 2 is 1.67 bits per heavy atom. The number of methoxy groups -OCH3 is 1. The third-order valence-corrected chi connectivity index (χ3v) is 5.52. The van der Waals surface area contributed by atoms with Crippen LogP contribution in [0.3, 0.4) is 0 Å². The monoisotopic (exact) mass is 390 g/mol. The number of Topliss-reactive ketones (excluding diaryl/α,β-unsaturated/α-hetero) is 1. The Bertz CT molecular complexity index is 966. The number of aryl methyl sites for hydroxylation is 2. The van der Waals surface area contributed by atoms with E-state index < -0.39 is 22.5 Å². The van der Waals surface area contributed by atoms with Crippen molar-refractivity contribution in [3.05, 3.63) is 53.1 Å². The fourth-order valence-electron chi connectivity index (χ4n) is 2.50. The molecule has 2 aromatic rings. The van der Waals surface area contributed by atoms with Gasteiger partial charge in [0, 0.05) is 11.3 Å². The van der Waals surface area contributed by atoms with Gasteiger partial charge >= 0.3 is 0 Å². The first kappa shape index (κ1) is 20.6. The van der Waals surface area contributed by atoms with Gasteiger partial charge in [-0.05, 0) is 68.3 Å². The molecular formula is C19H22N2O5S. The van der Waals surface area contributed by atoms with Gasteiger partial charge in [-0.1, -0.05) is 0 Å². The van der Waals surface area contributed by atoms with Gasteiger partial charge in [0.2, 0.25) is 15.9 Å². The molecule has 7 nitrogen and oxygen atoms in total. The van der Waals surface area contributed by atoms with Crippen LogP contribution in [0.2, 0.25) is 0 Å². The molecule has 0 heterocycles. The Hall–Kier alpha value is -2.71. The van der Waals surface area contributed by atoms with Gasteiger partial charge in [0.15, 0.2) is 5.78 Å². The number of anilines is 1. The van der Waals surface area contributed by atoms with Gasteiger partial charge in [-0.3, -0.25) is 9.59 Å². The lowest BCUT2D eigenvalue weighted by Crippen LogP contribution is -2.33. The van der Waals surface area contributed by atoms with Crippen LogP contribution in [-0.4, -0.2) is 33.8 Å². The van der Waals surface area contributed by atoms with Gasteiger partial charge in [0.05, 0.1) is 18.6 Å². The second-order valence-corrected chi connectivity index (χ2v) is 7.83. The predicted molar refractivity (Wildman–Crippen MR) is 103 cm³/mol. The minimum absolute atomic E-state index is 0.0780. The summed E-state index contributed by atoms with van der Waals surface area (Å²) >= 11 is 0. The molecule has 0 saturated heterocycles. The number of rotatable bonds is 7. The molecule has 0 unspecified atom stereocenters. The van der Waals surface area contributed by atoms with Crippen LogP contribution < -0.4 is 14.8 Å². The number of sulfonamides is 1. The molecule has 0 saturated carbocycles. The third kappa shape index (κ3) is 5.15. The van der Waals surface area contributed by atoms with Crippen LogP contribution in [0.1, 0.15) is 28.4 Å². The fraction of sp³-hybridized carbons (Fsp3) is 0.263. The van der Waals surface area contributed by atoms with E-state index in [-0.39, 0.29) is 10.7 Å². The van der Waals surface area contributed by atoms with Crippen LogP contribution in [0.25, 0.3) is 0 Å². The van der Waals surface area contributed by atoms with Crippen molar-refractivity contribution in [3.63, 3.8) is 0 Å². The molecule has 0 aliphatic rings. The van der Waals surface area contributed by atoms with Crippen LogP contribution >= 0.6 is 0 Å². The first-order chi connectivity index (χ1) is 12.6. The minimum Gasteiger partial charge on any atom is -0.496 e. The molecular weight excluding hydrogens is 368 g/mol. The van der Waals surface area contributed by atoms with Crippen LogP contribution in [0.15, 0.2) is 41.3 Å². The fourth-order valence-corrected chi connectivity index (χ4v) is 3.80. The summed E-state index contributed by atoms with van der Waals surface area (Å²) in [6.45, 7) is 4.44. The first-order valence-electron chi connectivity index (χ1n) is 8.20. The molecule has 0 fully saturated rings. The maximum absolute atomic E-state index is 12.5. The van der Waals surface area contributed by atoms with Crippen molar-refractivity contribution in [2.24, 2.45) is 0 Å². The standard InChI is InChI=1S/C19H22N2O5S/c1-12-10-18(13(2)9-17(12)26-4)27(24,25)20-11-19(23)21-16-7-5-15(6-8-16)14(3)22/h5-10,20H,11H2,1-4H3,(H,21,23). The number of hydrogen-bond donors (Lipinski definition) is 2. The number of hydrogen-bond acceptors (Lipinski definition) is 5. The zero-order chi connectivity index (χ0) is 20.2. The highest BCUT2D eigenvalue weighted by Gasteiger charge is 2.19. The maximum atomic E-state index is 12.5. The molecule has 2 N–H and O–H groups in total. The zero-order valence-electron chi connectivity index (χ0n) is 15.6. The molecule has 0 aliphatic heterocycles. The highest BCUT2D eigenvalue weighted by atomic mass is 32.2. The lowest BCUT2D eigenvalue weighted by molar-refractivity contribution is -0.115. The van der Waals surface area contributed by atoms with Gasteiger partial charge in [0.25, 0.3) is 0 Å². The molecule has 1 amide bonds. The van der Waals surface area contributed by atoms with Crippen molar-refractivity contribution >= 4 is 27.4 Å². The Morgan fingerprint density at radius 1 is 1.04 bits per heavy atom. The van der Waals surface area contributed by atoms with Crippen LogP contribution in [0, 0.1) is 13.8 Å². The lowest BCUT2D eigenvalue weighted by atomic mass is 10.1. The van der Waals surface area contributed by atoms with Crippen molar-refractivity contribution in [1.82, 2.24) is 4.72 Å². The lowest BCUT2D eigenvalue weighted by Gasteiger charge is -2.13. The second-order valence-electron chi connectivity index (χ2n) is 6.09. The maximum Gasteiger partial charge on any atom is 0.241 e. The van der Waals surface area contributed by atoms with E-state index in [1.807, 2.05) is 0 Å². The highest BCUT2D eigenvalue weighted by molar-refractivity contribution is 7.89. The number of carbonyl (C=O) groups excluding carboxylic acids is 2. The normalized spacial score (nSPS) is 11.1. The molecule has 144 valence electrons. The largest absolute Gasteiger partial charge is 0.496 e. The molecule has 0 aliphatic carbocycles. The van der Waals surface area contributed by atoms with E-state index in [0.29, 0.717) is 28.1 Å². The van der Waals surface area contributed by atoms with Crippen molar-refractivity contribution in [2.75, 3.05) is 19.0 Å². The van der Waals surface area contributed by atoms with E-state index in [4.69, 9.17) is 4.74 Å². The Labute approximate surface area is 158 Å². The van der Waals surface area contributed by atoms with Crippen LogP contribution in [0.5, 0.6) is 5.75 Å². The van der Waals surface area contributed by atoms with E-state index in [0.717, 1.165) is 0 Å². The number of ketones is 1. The number of nitrogens with one attached hydrogen (secondary N) is 2. The second kappa shape index (κ2) is 8.32. The molecule has 0 radical (unpaired) electrons. The molecule has 0 aromatic heterocycles. The molecule has 0 bridgehead atoms. The third-order valence-electron chi connectivity index (χ3n) is 3.98. The smallest absolute Gasteiger partial charge is 0.241 e. The van der Waals surface area contributed by atoms with Gasteiger partial charge in [-0.25, -0.2) is 13.1 Å². The summed E-state index contributed by atoms with van der Waals surface area (Å²) in [5.74, 6) is 0.000953. The Morgan fingerprint density at radius 3 is 2.22 bits per heavy atom. The predicted octanol–water partition coefficient (Wildman–Crippen LogP) is 2.43. The minimum atomic E-state index is -3.85. The topological polar surface area (TPSA) is 102 Å². The van der Waals surface area contributed by atoms with E-state index in [2.05, 4.69) is 10.0 Å². The van der Waals surface area contributed by atoms with Gasteiger partial charge in [-0.15, -0.1) is 0 Å². The van der Waals surface area contributed by atoms with Gasteiger partial charge < -0.3 is 10.1 Å². The summed E-state index contributed by atoms with van der Waals surface area (Å²) in [5.41, 5.74) is 2.20. The average Bonchev–Trinajstić information content (AvgIpc) is 2.62. The average molecular weight is 390 g/mol. The number of benzene rings is 2. The SMILES string of the molecule is COc1cc(C)c(S(=O)(=O)NCC(=O)Nc2ccc(C(C)=O)cc2)cc1C. The van der Waals surface area contributed by atoms with Crippen molar-refractivity contribution < 1.29 is 22.7 Å². The molecule has 0 spiro atoms. The van der Waals surface area contributed by atoms with E-state index in [1.54, 1.807) is 44.2 Å². The summed E-state index contributed by atoms with van der Waals surface area (Å²) < 4.78 is 32.5. The zero-order valence-corrected chi connectivity index (χ0v) is 16.4. The summed E-state index contributed by atoms with van der Waals surface area (Å²) in [6, 6.07) is 9.49. The van der Waals surface area contributed by atoms with Crippen molar-refractivity contribution in [1.29, 1.82) is 0 Å². The highest BCUT2D eigenvalue weighted by Crippen LogP contribution is 2.25. The van der Waals surface area contributed by atoms with Gasteiger partial charge in [0.1, 0.15) is 5.75 Å². The molecule has 2 rings (SSSR count). The quantitative estimate of drug-likeness (QED) is 0.707. The van der Waals surface area contributed by atoms with Gasteiger partial charge in [-0.2, -0.15) is 0 Å². The molecule has 2 aromatic carbocycles. The number of carbonyl (C=O) groups is 2. The molecule has 8 heteroatoms. The van der Waals surface area contributed by atoms with Crippen molar-refractivity contribution in [3.8, 4) is 5.75 Å². The summed E-state index contributed by atoms with van der Waals surface area (Å²) in [4.78, 5) is 23.4. The summed E-state index contributed by atoms with van der Waals surface area (Å²) in [7, 11) is -2.34. The molecule has 0 atom stereocenters.